The van der Waals surface area contributed by atoms with Crippen molar-refractivity contribution in [3.8, 4) is 5.95 Å². The van der Waals surface area contributed by atoms with Crippen molar-refractivity contribution >= 4 is 23.4 Å². The third-order valence-corrected chi connectivity index (χ3v) is 2.95. The molecule has 0 radical (unpaired) electrons. The number of hydrogen-bond donors (Lipinski definition) is 1. The second-order valence-electron chi connectivity index (χ2n) is 3.08. The number of aromatic nitrogens is 5. The first kappa shape index (κ1) is 12.3. The molecule has 0 aliphatic heterocycles. The smallest absolute Gasteiger partial charge is 0.240 e. The fourth-order valence-electron chi connectivity index (χ4n) is 1.11. The molecule has 0 atom stereocenters. The fraction of sp³-hybridized carbons (Fsp3) is 0.333. The SMILES string of the molecule is OCCCSc1nc(Cl)nc(-n2ccnc2)n1. The van der Waals surface area contributed by atoms with Crippen LogP contribution in [0.5, 0.6) is 0 Å². The molecule has 0 saturated carbocycles. The molecule has 0 aromatic carbocycles. The Hall–Kier alpha value is -1.18. The van der Waals surface area contributed by atoms with Crippen LogP contribution < -0.4 is 0 Å². The van der Waals surface area contributed by atoms with Gasteiger partial charge in [-0.25, -0.2) is 4.98 Å². The summed E-state index contributed by atoms with van der Waals surface area (Å²) in [5.74, 6) is 1.18. The molecule has 90 valence electrons. The Morgan fingerprint density at radius 1 is 1.35 bits per heavy atom. The highest BCUT2D eigenvalue weighted by molar-refractivity contribution is 7.99. The predicted octanol–water partition coefficient (Wildman–Crippen LogP) is 1.19. The van der Waals surface area contributed by atoms with E-state index in [0.717, 1.165) is 5.75 Å². The van der Waals surface area contributed by atoms with Gasteiger partial charge in [0, 0.05) is 24.8 Å². The van der Waals surface area contributed by atoms with E-state index in [1.54, 1.807) is 23.3 Å². The van der Waals surface area contributed by atoms with E-state index in [1.165, 1.54) is 11.8 Å². The van der Waals surface area contributed by atoms with Crippen LogP contribution >= 0.6 is 23.4 Å². The Morgan fingerprint density at radius 3 is 2.94 bits per heavy atom. The molecule has 0 unspecified atom stereocenters. The Morgan fingerprint density at radius 2 is 2.24 bits per heavy atom. The van der Waals surface area contributed by atoms with Crippen LogP contribution in [0.15, 0.2) is 23.9 Å². The van der Waals surface area contributed by atoms with Gasteiger partial charge >= 0.3 is 0 Å². The van der Waals surface area contributed by atoms with Gasteiger partial charge in [0.2, 0.25) is 11.2 Å². The summed E-state index contributed by atoms with van der Waals surface area (Å²) in [5.41, 5.74) is 0. The van der Waals surface area contributed by atoms with E-state index in [1.807, 2.05) is 0 Å². The molecule has 0 amide bonds. The molecule has 0 bridgehead atoms. The maximum Gasteiger partial charge on any atom is 0.240 e. The van der Waals surface area contributed by atoms with Crippen molar-refractivity contribution in [1.82, 2.24) is 24.5 Å². The summed E-state index contributed by atoms with van der Waals surface area (Å²) in [6, 6.07) is 0. The largest absolute Gasteiger partial charge is 0.396 e. The molecule has 2 aromatic heterocycles. The highest BCUT2D eigenvalue weighted by atomic mass is 35.5. The van der Waals surface area contributed by atoms with Crippen LogP contribution in [0.25, 0.3) is 5.95 Å². The average Bonchev–Trinajstić information content (AvgIpc) is 2.82. The highest BCUT2D eigenvalue weighted by Gasteiger charge is 2.06. The van der Waals surface area contributed by atoms with E-state index in [4.69, 9.17) is 16.7 Å². The van der Waals surface area contributed by atoms with Gasteiger partial charge in [-0.2, -0.15) is 15.0 Å². The van der Waals surface area contributed by atoms with Gasteiger partial charge in [0.05, 0.1) is 0 Å². The Kier molecular flexibility index (Phi) is 4.29. The van der Waals surface area contributed by atoms with Crippen LogP contribution in [0.2, 0.25) is 5.28 Å². The van der Waals surface area contributed by atoms with Crippen LogP contribution in [0, 0.1) is 0 Å². The lowest BCUT2D eigenvalue weighted by Crippen LogP contribution is -2.02. The first-order valence-corrected chi connectivity index (χ1v) is 6.29. The van der Waals surface area contributed by atoms with E-state index >= 15 is 0 Å². The fourth-order valence-corrected chi connectivity index (χ4v) is 2.07. The number of hydrogen-bond acceptors (Lipinski definition) is 6. The van der Waals surface area contributed by atoms with Crippen LogP contribution in [0.1, 0.15) is 6.42 Å². The second kappa shape index (κ2) is 5.95. The van der Waals surface area contributed by atoms with Crippen molar-refractivity contribution in [3.63, 3.8) is 0 Å². The third kappa shape index (κ3) is 3.39. The maximum absolute atomic E-state index is 8.70. The lowest BCUT2D eigenvalue weighted by atomic mass is 10.5. The van der Waals surface area contributed by atoms with E-state index in [0.29, 0.717) is 17.5 Å². The molecular formula is C9H10ClN5OS. The molecule has 2 rings (SSSR count). The summed E-state index contributed by atoms with van der Waals surface area (Å²) in [7, 11) is 0. The molecule has 0 fully saturated rings. The van der Waals surface area contributed by atoms with Gasteiger partial charge in [-0.3, -0.25) is 4.57 Å². The van der Waals surface area contributed by atoms with Crippen molar-refractivity contribution in [3.05, 3.63) is 24.0 Å². The van der Waals surface area contributed by atoms with Crippen LogP contribution in [0.3, 0.4) is 0 Å². The normalized spacial score (nSPS) is 10.7. The molecule has 0 aliphatic rings. The van der Waals surface area contributed by atoms with Crippen molar-refractivity contribution < 1.29 is 5.11 Å². The van der Waals surface area contributed by atoms with E-state index in [9.17, 15) is 0 Å². The third-order valence-electron chi connectivity index (χ3n) is 1.84. The van der Waals surface area contributed by atoms with E-state index in [2.05, 4.69) is 19.9 Å². The summed E-state index contributed by atoms with van der Waals surface area (Å²) in [5, 5.41) is 9.39. The first-order chi connectivity index (χ1) is 8.29. The summed E-state index contributed by atoms with van der Waals surface area (Å²) in [4.78, 5) is 16.2. The number of thioether (sulfide) groups is 1. The summed E-state index contributed by atoms with van der Waals surface area (Å²) in [6.45, 7) is 0.153. The van der Waals surface area contributed by atoms with Gasteiger partial charge in [-0.15, -0.1) is 0 Å². The maximum atomic E-state index is 8.70. The van der Waals surface area contributed by atoms with Crippen LogP contribution in [-0.4, -0.2) is 42.0 Å². The molecular weight excluding hydrogens is 262 g/mol. The minimum atomic E-state index is 0.148. The Labute approximate surface area is 107 Å². The monoisotopic (exact) mass is 271 g/mol. The molecule has 2 heterocycles. The van der Waals surface area contributed by atoms with Gasteiger partial charge in [-0.05, 0) is 18.0 Å². The van der Waals surface area contributed by atoms with E-state index < -0.39 is 0 Å². The van der Waals surface area contributed by atoms with Gasteiger partial charge in [0.25, 0.3) is 0 Å². The zero-order chi connectivity index (χ0) is 12.1. The number of rotatable bonds is 5. The Bertz CT molecular complexity index is 478. The second-order valence-corrected chi connectivity index (χ2v) is 4.48. The van der Waals surface area contributed by atoms with Gasteiger partial charge in [0.15, 0.2) is 5.16 Å². The van der Waals surface area contributed by atoms with Crippen molar-refractivity contribution in [2.45, 2.75) is 11.6 Å². The lowest BCUT2D eigenvalue weighted by molar-refractivity contribution is 0.296. The van der Waals surface area contributed by atoms with Crippen LogP contribution in [0.4, 0.5) is 0 Å². The lowest BCUT2D eigenvalue weighted by Gasteiger charge is -2.03. The van der Waals surface area contributed by atoms with Gasteiger partial charge in [-0.1, -0.05) is 11.8 Å². The van der Waals surface area contributed by atoms with Gasteiger partial charge < -0.3 is 5.11 Å². The highest BCUT2D eigenvalue weighted by Crippen LogP contribution is 2.16. The summed E-state index contributed by atoms with van der Waals surface area (Å²) < 4.78 is 1.66. The minimum Gasteiger partial charge on any atom is -0.396 e. The molecule has 1 N–H and O–H groups in total. The summed E-state index contributed by atoms with van der Waals surface area (Å²) >= 11 is 7.25. The van der Waals surface area contributed by atoms with Crippen molar-refractivity contribution in [1.29, 1.82) is 0 Å². The zero-order valence-corrected chi connectivity index (χ0v) is 10.4. The molecule has 0 spiro atoms. The van der Waals surface area contributed by atoms with Crippen molar-refractivity contribution in [2.24, 2.45) is 0 Å². The molecule has 2 aromatic rings. The summed E-state index contributed by atoms with van der Waals surface area (Å²) in [6.07, 6.45) is 5.65. The van der Waals surface area contributed by atoms with Gasteiger partial charge in [0.1, 0.15) is 6.33 Å². The Balaban J connectivity index is 2.18. The quantitative estimate of drug-likeness (QED) is 0.650. The average molecular weight is 272 g/mol. The minimum absolute atomic E-state index is 0.148. The molecule has 8 heteroatoms. The van der Waals surface area contributed by atoms with E-state index in [-0.39, 0.29) is 11.9 Å². The number of nitrogens with zero attached hydrogens (tertiary/aromatic N) is 5. The topological polar surface area (TPSA) is 76.7 Å². The standard InChI is InChI=1S/C9H10ClN5OS/c10-7-12-8(15-3-2-11-6-15)14-9(13-7)17-5-1-4-16/h2-3,6,16H,1,4-5H2. The number of aliphatic hydroxyl groups excluding tert-OH is 1. The number of aliphatic hydroxyl groups is 1. The molecule has 6 nitrogen and oxygen atoms in total. The predicted molar refractivity (Wildman–Crippen MR) is 64.4 cm³/mol. The molecule has 0 aliphatic carbocycles. The van der Waals surface area contributed by atoms with Crippen LogP contribution in [-0.2, 0) is 0 Å². The number of halogens is 1. The molecule has 0 saturated heterocycles. The number of imidazole rings is 1. The van der Waals surface area contributed by atoms with Crippen molar-refractivity contribution in [2.75, 3.05) is 12.4 Å². The zero-order valence-electron chi connectivity index (χ0n) is 8.82. The molecule has 17 heavy (non-hydrogen) atoms. The first-order valence-electron chi connectivity index (χ1n) is 4.93.